The van der Waals surface area contributed by atoms with Crippen LogP contribution in [0.5, 0.6) is 0 Å². The second kappa shape index (κ2) is 10.4. The van der Waals surface area contributed by atoms with Crippen LogP contribution < -0.4 is 0 Å². The molecule has 0 aliphatic carbocycles. The van der Waals surface area contributed by atoms with Gasteiger partial charge in [0.1, 0.15) is 11.6 Å². The summed E-state index contributed by atoms with van der Waals surface area (Å²) in [6.07, 6.45) is 1.73. The second-order valence-electron chi connectivity index (χ2n) is 9.48. The summed E-state index contributed by atoms with van der Waals surface area (Å²) in [7, 11) is 0. The van der Waals surface area contributed by atoms with Crippen LogP contribution in [0.2, 0.25) is 5.02 Å². The fourth-order valence-corrected chi connectivity index (χ4v) is 4.20. The normalized spacial score (nSPS) is 12.3. The van der Waals surface area contributed by atoms with Crippen molar-refractivity contribution >= 4 is 34.4 Å². The Morgan fingerprint density at radius 2 is 1.60 bits per heavy atom. The van der Waals surface area contributed by atoms with Crippen LogP contribution in [-0.2, 0) is 11.2 Å². The molecule has 3 aromatic carbocycles. The Labute approximate surface area is 210 Å². The molecule has 1 heterocycles. The monoisotopic (exact) mass is 488 g/mol. The minimum absolute atomic E-state index is 0.171. The van der Waals surface area contributed by atoms with Crippen molar-refractivity contribution in [1.82, 2.24) is 9.88 Å². The number of amides is 1. The fourth-order valence-electron chi connectivity index (χ4n) is 4.08. The predicted octanol–water partition coefficient (Wildman–Crippen LogP) is 7.23. The van der Waals surface area contributed by atoms with Crippen LogP contribution in [-0.4, -0.2) is 33.9 Å². The Morgan fingerprint density at radius 3 is 2.29 bits per heavy atom. The zero-order valence-corrected chi connectivity index (χ0v) is 20.9. The highest BCUT2D eigenvalue weighted by Gasteiger charge is 2.35. The van der Waals surface area contributed by atoms with E-state index in [0.29, 0.717) is 23.6 Å². The lowest BCUT2D eigenvalue weighted by Crippen LogP contribution is -2.43. The molecule has 1 amide bonds. The number of hydrogen-bond acceptors (Lipinski definition) is 3. The first-order valence-corrected chi connectivity index (χ1v) is 12.0. The summed E-state index contributed by atoms with van der Waals surface area (Å²) in [5.74, 6) is -0.171. The largest absolute Gasteiger partial charge is 0.444 e. The van der Waals surface area contributed by atoms with E-state index in [4.69, 9.17) is 16.3 Å². The molecule has 0 bridgehead atoms. The van der Waals surface area contributed by atoms with E-state index >= 15 is 0 Å². The van der Waals surface area contributed by atoms with E-state index in [1.54, 1.807) is 11.1 Å². The molecule has 35 heavy (non-hydrogen) atoms. The van der Waals surface area contributed by atoms with Crippen molar-refractivity contribution in [1.29, 1.82) is 0 Å². The van der Waals surface area contributed by atoms with E-state index < -0.39 is 17.7 Å². The Balaban J connectivity index is 1.76. The van der Waals surface area contributed by atoms with Gasteiger partial charge in [0.2, 0.25) is 0 Å². The van der Waals surface area contributed by atoms with E-state index in [-0.39, 0.29) is 5.78 Å². The molecule has 0 aliphatic rings. The number of ketones is 1. The number of hydrogen-bond donors (Lipinski definition) is 1. The van der Waals surface area contributed by atoms with Gasteiger partial charge in [-0.3, -0.25) is 9.69 Å². The Hall–Kier alpha value is -3.57. The first-order chi connectivity index (χ1) is 16.7. The third-order valence-electron chi connectivity index (χ3n) is 5.71. The third kappa shape index (κ3) is 5.92. The average Bonchev–Trinajstić information content (AvgIpc) is 3.26. The van der Waals surface area contributed by atoms with E-state index in [1.807, 2.05) is 99.6 Å². The van der Waals surface area contributed by atoms with E-state index in [0.717, 1.165) is 22.0 Å². The number of aromatic amines is 1. The number of fused-ring (bicyclic) bond motifs is 1. The summed E-state index contributed by atoms with van der Waals surface area (Å²) < 4.78 is 5.77. The van der Waals surface area contributed by atoms with Crippen molar-refractivity contribution < 1.29 is 14.3 Å². The molecule has 180 valence electrons. The predicted molar refractivity (Wildman–Crippen MR) is 140 cm³/mol. The molecule has 0 spiro atoms. The van der Waals surface area contributed by atoms with E-state index in [9.17, 15) is 9.59 Å². The molecule has 0 saturated carbocycles. The van der Waals surface area contributed by atoms with Crippen molar-refractivity contribution in [3.8, 4) is 0 Å². The highest BCUT2D eigenvalue weighted by molar-refractivity contribution is 6.30. The van der Waals surface area contributed by atoms with Gasteiger partial charge in [0.15, 0.2) is 5.78 Å². The highest BCUT2D eigenvalue weighted by Crippen LogP contribution is 2.30. The minimum Gasteiger partial charge on any atom is -0.444 e. The smallest absolute Gasteiger partial charge is 0.411 e. The average molecular weight is 489 g/mol. The SMILES string of the molecule is CC(C)(C)OC(=O)N(CCc1ccc(Cl)cc1)C(C(=O)c1c[nH]c2ccccc12)c1ccccc1. The van der Waals surface area contributed by atoms with Gasteiger partial charge in [0.25, 0.3) is 0 Å². The number of carbonyl (C=O) groups is 2. The van der Waals surface area contributed by atoms with Crippen LogP contribution in [0.15, 0.2) is 85.1 Å². The summed E-state index contributed by atoms with van der Waals surface area (Å²) in [4.78, 5) is 32.3. The van der Waals surface area contributed by atoms with Crippen molar-refractivity contribution in [2.45, 2.75) is 38.8 Å². The number of para-hydroxylation sites is 1. The quantitative estimate of drug-likeness (QED) is 0.279. The van der Waals surface area contributed by atoms with E-state index in [1.165, 1.54) is 0 Å². The Morgan fingerprint density at radius 1 is 0.943 bits per heavy atom. The maximum Gasteiger partial charge on any atom is 0.411 e. The lowest BCUT2D eigenvalue weighted by molar-refractivity contribution is 0.0159. The minimum atomic E-state index is -0.849. The first-order valence-electron chi connectivity index (χ1n) is 11.6. The maximum atomic E-state index is 14.1. The standard InChI is InChI=1S/C29H29ClN2O3/c1-29(2,3)35-28(34)32(18-17-20-13-15-22(30)16-14-20)26(21-9-5-4-6-10-21)27(33)24-19-31-25-12-8-7-11-23(24)25/h4-16,19,26,31H,17-18H2,1-3H3. The van der Waals surface area contributed by atoms with Crippen molar-refractivity contribution in [2.75, 3.05) is 6.54 Å². The number of Topliss-reactive ketones (excluding diaryl/α,β-unsaturated/α-hetero) is 1. The molecule has 0 aliphatic heterocycles. The molecule has 1 unspecified atom stereocenters. The first kappa shape index (κ1) is 24.6. The van der Waals surface area contributed by atoms with Gasteiger partial charge in [0, 0.05) is 34.2 Å². The molecule has 6 heteroatoms. The summed E-state index contributed by atoms with van der Waals surface area (Å²) in [5, 5.41) is 1.47. The molecule has 4 rings (SSSR count). The Kier molecular flexibility index (Phi) is 7.27. The topological polar surface area (TPSA) is 62.4 Å². The molecule has 1 N–H and O–H groups in total. The van der Waals surface area contributed by atoms with Crippen molar-refractivity contribution in [3.05, 3.63) is 107 Å². The van der Waals surface area contributed by atoms with Gasteiger partial charge < -0.3 is 9.72 Å². The third-order valence-corrected chi connectivity index (χ3v) is 5.96. The lowest BCUT2D eigenvalue weighted by Gasteiger charge is -2.33. The second-order valence-corrected chi connectivity index (χ2v) is 9.91. The zero-order valence-electron chi connectivity index (χ0n) is 20.1. The number of carbonyl (C=O) groups excluding carboxylic acids is 2. The van der Waals surface area contributed by atoms with Crippen molar-refractivity contribution in [2.24, 2.45) is 0 Å². The van der Waals surface area contributed by atoms with Gasteiger partial charge >= 0.3 is 6.09 Å². The molecule has 0 radical (unpaired) electrons. The number of nitrogens with zero attached hydrogens (tertiary/aromatic N) is 1. The number of ether oxygens (including phenoxy) is 1. The molecular formula is C29H29ClN2O3. The number of nitrogens with one attached hydrogen (secondary N) is 1. The molecule has 5 nitrogen and oxygen atoms in total. The number of aromatic nitrogens is 1. The van der Waals surface area contributed by atoms with Gasteiger partial charge in [-0.15, -0.1) is 0 Å². The Bertz CT molecular complexity index is 1310. The number of benzene rings is 3. The van der Waals surface area contributed by atoms with E-state index in [2.05, 4.69) is 4.98 Å². The molecule has 1 aromatic heterocycles. The molecule has 0 fully saturated rings. The highest BCUT2D eigenvalue weighted by atomic mass is 35.5. The maximum absolute atomic E-state index is 14.1. The van der Waals surface area contributed by atoms with Crippen LogP contribution in [0.25, 0.3) is 10.9 Å². The van der Waals surface area contributed by atoms with Gasteiger partial charge in [-0.05, 0) is 56.5 Å². The van der Waals surface area contributed by atoms with Gasteiger partial charge in [-0.25, -0.2) is 4.79 Å². The summed E-state index contributed by atoms with van der Waals surface area (Å²) >= 11 is 6.04. The zero-order chi connectivity index (χ0) is 25.0. The molecule has 1 atom stereocenters. The lowest BCUT2D eigenvalue weighted by atomic mass is 9.95. The number of H-pyrrole nitrogens is 1. The van der Waals surface area contributed by atoms with Gasteiger partial charge in [-0.2, -0.15) is 0 Å². The molecule has 4 aromatic rings. The fraction of sp³-hybridized carbons (Fsp3) is 0.241. The number of halogens is 1. The van der Waals surface area contributed by atoms with Crippen molar-refractivity contribution in [3.63, 3.8) is 0 Å². The molecule has 0 saturated heterocycles. The van der Waals surface area contributed by atoms with Gasteiger partial charge in [-0.1, -0.05) is 72.3 Å². The van der Waals surface area contributed by atoms with Crippen LogP contribution in [0.3, 0.4) is 0 Å². The summed E-state index contributed by atoms with van der Waals surface area (Å²) in [6.45, 7) is 5.76. The van der Waals surface area contributed by atoms with Gasteiger partial charge in [0.05, 0.1) is 0 Å². The van der Waals surface area contributed by atoms with Crippen LogP contribution in [0.4, 0.5) is 4.79 Å². The van der Waals surface area contributed by atoms with Crippen LogP contribution in [0.1, 0.15) is 48.3 Å². The summed E-state index contributed by atoms with van der Waals surface area (Å²) in [6, 6.07) is 23.7. The summed E-state index contributed by atoms with van der Waals surface area (Å²) in [5.41, 5.74) is 2.43. The molecular weight excluding hydrogens is 460 g/mol. The van der Waals surface area contributed by atoms with Crippen LogP contribution in [0, 0.1) is 0 Å². The van der Waals surface area contributed by atoms with Crippen LogP contribution >= 0.6 is 11.6 Å². The number of rotatable bonds is 7.